The van der Waals surface area contributed by atoms with Gasteiger partial charge in [-0.15, -0.1) is 0 Å². The van der Waals surface area contributed by atoms with Crippen LogP contribution in [0, 0.1) is 0 Å². The summed E-state index contributed by atoms with van der Waals surface area (Å²) in [7, 11) is 0. The van der Waals surface area contributed by atoms with Crippen molar-refractivity contribution >= 4 is 5.91 Å². The first kappa shape index (κ1) is 16.4. The van der Waals surface area contributed by atoms with Gasteiger partial charge in [0.25, 0.3) is 5.91 Å². The lowest BCUT2D eigenvalue weighted by atomic mass is 10.1. The highest BCUT2D eigenvalue weighted by molar-refractivity contribution is 5.81. The van der Waals surface area contributed by atoms with Crippen molar-refractivity contribution in [3.05, 3.63) is 0 Å². The van der Waals surface area contributed by atoms with Crippen LogP contribution in [0.15, 0.2) is 0 Å². The Morgan fingerprint density at radius 1 is 1.12 bits per heavy atom. The minimum atomic E-state index is -0.753. The van der Waals surface area contributed by atoms with E-state index in [0.29, 0.717) is 0 Å². The number of nitrogens with two attached hydrogens (primary N) is 1. The van der Waals surface area contributed by atoms with E-state index in [1.165, 1.54) is 0 Å². The van der Waals surface area contributed by atoms with Gasteiger partial charge in [0.2, 0.25) is 0 Å². The van der Waals surface area contributed by atoms with Crippen LogP contribution in [-0.2, 0) is 14.4 Å². The molecule has 2 atom stereocenters. The van der Waals surface area contributed by atoms with E-state index in [1.807, 2.05) is 41.5 Å². The molecule has 0 saturated heterocycles. The predicted molar refractivity (Wildman–Crippen MR) is 67.3 cm³/mol. The molecule has 5 heteroatoms. The van der Waals surface area contributed by atoms with Crippen molar-refractivity contribution in [3.8, 4) is 0 Å². The summed E-state index contributed by atoms with van der Waals surface area (Å²) in [5.74, 6) is -0.378. The molecule has 0 aliphatic rings. The van der Waals surface area contributed by atoms with E-state index in [4.69, 9.17) is 15.3 Å². The molecule has 0 heterocycles. The maximum absolute atomic E-state index is 11.7. The fraction of sp³-hybridized carbons (Fsp3) is 0.917. The SMILES string of the molecule is C[C@@H](OC(C)(C)C)[C@H](N)C(=O)NOC(C)(C)C. The molecule has 0 saturated carbocycles. The maximum atomic E-state index is 11.7. The Kier molecular flexibility index (Phi) is 5.58. The van der Waals surface area contributed by atoms with E-state index in [-0.39, 0.29) is 17.6 Å². The molecule has 0 bridgehead atoms. The van der Waals surface area contributed by atoms with Crippen LogP contribution in [0.25, 0.3) is 0 Å². The number of amides is 1. The van der Waals surface area contributed by atoms with Crippen molar-refractivity contribution in [3.63, 3.8) is 0 Å². The lowest BCUT2D eigenvalue weighted by Crippen LogP contribution is -2.51. The highest BCUT2D eigenvalue weighted by Gasteiger charge is 2.26. The summed E-state index contributed by atoms with van der Waals surface area (Å²) in [5.41, 5.74) is 7.35. The fourth-order valence-corrected chi connectivity index (χ4v) is 1.12. The van der Waals surface area contributed by atoms with Crippen LogP contribution in [0.5, 0.6) is 0 Å². The summed E-state index contributed by atoms with van der Waals surface area (Å²) < 4.78 is 5.61. The minimum Gasteiger partial charge on any atom is -0.371 e. The number of nitrogens with one attached hydrogen (secondary N) is 1. The van der Waals surface area contributed by atoms with Crippen LogP contribution in [0.2, 0.25) is 0 Å². The number of ether oxygens (including phenoxy) is 1. The number of hydrogen-bond acceptors (Lipinski definition) is 4. The van der Waals surface area contributed by atoms with Gasteiger partial charge in [0, 0.05) is 0 Å². The van der Waals surface area contributed by atoms with Gasteiger partial charge in [-0.05, 0) is 48.5 Å². The second-order valence-corrected chi connectivity index (χ2v) is 6.14. The summed E-state index contributed by atoms with van der Waals surface area (Å²) in [5, 5.41) is 0. The molecule has 5 nitrogen and oxygen atoms in total. The smallest absolute Gasteiger partial charge is 0.263 e. The number of carbonyl (C=O) groups excluding carboxylic acids is 1. The Morgan fingerprint density at radius 2 is 1.59 bits per heavy atom. The average molecular weight is 246 g/mol. The molecule has 102 valence electrons. The van der Waals surface area contributed by atoms with Gasteiger partial charge in [-0.2, -0.15) is 0 Å². The molecule has 1 amide bonds. The van der Waals surface area contributed by atoms with Crippen LogP contribution in [-0.4, -0.2) is 29.3 Å². The number of rotatable bonds is 4. The molecule has 0 rings (SSSR count). The second-order valence-electron chi connectivity index (χ2n) is 6.14. The zero-order chi connectivity index (χ0) is 13.9. The van der Waals surface area contributed by atoms with Crippen LogP contribution in [0.1, 0.15) is 48.5 Å². The molecule has 0 radical (unpaired) electrons. The first-order chi connectivity index (χ1) is 7.42. The second kappa shape index (κ2) is 5.80. The minimum absolute atomic E-state index is 0.331. The number of carbonyl (C=O) groups is 1. The Bertz CT molecular complexity index is 253. The summed E-state index contributed by atoms with van der Waals surface area (Å²) >= 11 is 0. The summed E-state index contributed by atoms with van der Waals surface area (Å²) in [6, 6.07) is -0.753. The standard InChI is InChI=1S/C12H26N2O3/c1-8(16-11(2,3)4)9(13)10(15)14-17-12(5,6)7/h8-9H,13H2,1-7H3,(H,14,15)/t8-,9+/m1/s1. The quantitative estimate of drug-likeness (QED) is 0.735. The van der Waals surface area contributed by atoms with Gasteiger partial charge in [0.1, 0.15) is 6.04 Å². The fourth-order valence-electron chi connectivity index (χ4n) is 1.12. The monoisotopic (exact) mass is 246 g/mol. The van der Waals surface area contributed by atoms with Crippen LogP contribution in [0.4, 0.5) is 0 Å². The molecule has 0 aromatic carbocycles. The average Bonchev–Trinajstić information content (AvgIpc) is 2.08. The van der Waals surface area contributed by atoms with Gasteiger partial charge in [-0.1, -0.05) is 0 Å². The normalized spacial score (nSPS) is 16.5. The highest BCUT2D eigenvalue weighted by Crippen LogP contribution is 2.12. The van der Waals surface area contributed by atoms with Gasteiger partial charge in [0.15, 0.2) is 0 Å². The molecule has 0 aliphatic heterocycles. The third-order valence-electron chi connectivity index (χ3n) is 1.81. The number of hydrogen-bond donors (Lipinski definition) is 2. The third-order valence-corrected chi connectivity index (χ3v) is 1.81. The highest BCUT2D eigenvalue weighted by atomic mass is 16.7. The van der Waals surface area contributed by atoms with Crippen molar-refractivity contribution in [2.45, 2.75) is 71.8 Å². The Labute approximate surface area is 104 Å². The summed E-state index contributed by atoms with van der Waals surface area (Å²) in [4.78, 5) is 16.8. The zero-order valence-corrected chi connectivity index (χ0v) is 12.0. The lowest BCUT2D eigenvalue weighted by Gasteiger charge is -2.29. The summed E-state index contributed by atoms with van der Waals surface area (Å²) in [6.07, 6.45) is -0.376. The maximum Gasteiger partial charge on any atom is 0.263 e. The molecule has 0 fully saturated rings. The molecule has 17 heavy (non-hydrogen) atoms. The molecule has 0 aromatic rings. The van der Waals surface area contributed by atoms with Crippen molar-refractivity contribution in [1.82, 2.24) is 5.48 Å². The molecule has 0 aliphatic carbocycles. The van der Waals surface area contributed by atoms with E-state index in [0.717, 1.165) is 0 Å². The summed E-state index contributed by atoms with van der Waals surface area (Å²) in [6.45, 7) is 13.0. The van der Waals surface area contributed by atoms with Crippen molar-refractivity contribution in [2.24, 2.45) is 5.73 Å². The van der Waals surface area contributed by atoms with Crippen LogP contribution in [0.3, 0.4) is 0 Å². The van der Waals surface area contributed by atoms with Gasteiger partial charge in [-0.25, -0.2) is 5.48 Å². The molecule has 3 N–H and O–H groups in total. The largest absolute Gasteiger partial charge is 0.371 e. The molecular weight excluding hydrogens is 220 g/mol. The van der Waals surface area contributed by atoms with Crippen molar-refractivity contribution < 1.29 is 14.4 Å². The van der Waals surface area contributed by atoms with E-state index >= 15 is 0 Å². The first-order valence-corrected chi connectivity index (χ1v) is 5.83. The Hall–Kier alpha value is -0.650. The topological polar surface area (TPSA) is 73.6 Å². The third kappa shape index (κ3) is 8.12. The molecule has 0 unspecified atom stereocenters. The van der Waals surface area contributed by atoms with Gasteiger partial charge >= 0.3 is 0 Å². The van der Waals surface area contributed by atoms with Crippen LogP contribution >= 0.6 is 0 Å². The van der Waals surface area contributed by atoms with Crippen molar-refractivity contribution in [1.29, 1.82) is 0 Å². The molecule has 0 aromatic heterocycles. The van der Waals surface area contributed by atoms with Gasteiger partial charge in [0.05, 0.1) is 17.3 Å². The zero-order valence-electron chi connectivity index (χ0n) is 12.0. The number of hydroxylamine groups is 1. The van der Waals surface area contributed by atoms with E-state index in [2.05, 4.69) is 5.48 Å². The van der Waals surface area contributed by atoms with Crippen LogP contribution < -0.4 is 11.2 Å². The van der Waals surface area contributed by atoms with E-state index < -0.39 is 11.6 Å². The van der Waals surface area contributed by atoms with Gasteiger partial charge < -0.3 is 10.5 Å². The Balaban J connectivity index is 4.22. The van der Waals surface area contributed by atoms with E-state index in [1.54, 1.807) is 6.92 Å². The predicted octanol–water partition coefficient (Wildman–Crippen LogP) is 1.36. The van der Waals surface area contributed by atoms with Gasteiger partial charge in [-0.3, -0.25) is 9.63 Å². The molecular formula is C12H26N2O3. The lowest BCUT2D eigenvalue weighted by molar-refractivity contribution is -0.152. The first-order valence-electron chi connectivity index (χ1n) is 5.83. The Morgan fingerprint density at radius 3 is 1.94 bits per heavy atom. The molecule has 0 spiro atoms. The van der Waals surface area contributed by atoms with Crippen molar-refractivity contribution in [2.75, 3.05) is 0 Å². The van der Waals surface area contributed by atoms with E-state index in [9.17, 15) is 4.79 Å².